The van der Waals surface area contributed by atoms with Crippen molar-refractivity contribution in [2.45, 2.75) is 66.1 Å². The lowest BCUT2D eigenvalue weighted by Crippen LogP contribution is -2.51. The van der Waals surface area contributed by atoms with Gasteiger partial charge in [0.1, 0.15) is 6.54 Å². The van der Waals surface area contributed by atoms with Gasteiger partial charge in [0.15, 0.2) is 5.78 Å². The molecule has 0 aliphatic heterocycles. The van der Waals surface area contributed by atoms with Gasteiger partial charge in [-0.05, 0) is 38.8 Å². The van der Waals surface area contributed by atoms with E-state index < -0.39 is 11.4 Å². The summed E-state index contributed by atoms with van der Waals surface area (Å²) in [5, 5.41) is 13.6. The highest BCUT2D eigenvalue weighted by Gasteiger charge is 2.32. The van der Waals surface area contributed by atoms with E-state index in [-0.39, 0.29) is 23.9 Å². The predicted molar refractivity (Wildman–Crippen MR) is 104 cm³/mol. The Bertz CT molecular complexity index is 807. The molecule has 5 nitrogen and oxygen atoms in total. The van der Waals surface area contributed by atoms with Crippen LogP contribution in [0, 0.1) is 5.41 Å². The number of aromatic nitrogens is 1. The van der Waals surface area contributed by atoms with E-state index in [1.54, 1.807) is 4.57 Å². The molecule has 0 bridgehead atoms. The van der Waals surface area contributed by atoms with Crippen molar-refractivity contribution < 1.29 is 14.7 Å². The summed E-state index contributed by atoms with van der Waals surface area (Å²) in [7, 11) is 0. The van der Waals surface area contributed by atoms with Gasteiger partial charge < -0.3 is 15.0 Å². The van der Waals surface area contributed by atoms with Crippen molar-refractivity contribution in [3.8, 4) is 0 Å². The molecule has 1 heterocycles. The highest BCUT2D eigenvalue weighted by atomic mass is 16.4. The van der Waals surface area contributed by atoms with Crippen LogP contribution in [0.4, 0.5) is 0 Å². The predicted octanol–water partition coefficient (Wildman–Crippen LogP) is 3.64. The van der Waals surface area contributed by atoms with Crippen molar-refractivity contribution in [2.24, 2.45) is 5.41 Å². The normalized spacial score (nSPS) is 13.8. The Morgan fingerprint density at radius 2 is 1.73 bits per heavy atom. The average molecular weight is 358 g/mol. The van der Waals surface area contributed by atoms with Gasteiger partial charge in [-0.1, -0.05) is 39.0 Å². The van der Waals surface area contributed by atoms with Gasteiger partial charge >= 0.3 is 5.97 Å². The Labute approximate surface area is 155 Å². The third-order valence-corrected chi connectivity index (χ3v) is 4.26. The molecule has 26 heavy (non-hydrogen) atoms. The van der Waals surface area contributed by atoms with Gasteiger partial charge in [0.2, 0.25) is 0 Å². The topological polar surface area (TPSA) is 71.3 Å². The second-order valence-electron chi connectivity index (χ2n) is 8.96. The maximum absolute atomic E-state index is 13.0. The number of aliphatic carboxylic acids is 1. The largest absolute Gasteiger partial charge is 0.480 e. The van der Waals surface area contributed by atoms with Gasteiger partial charge in [-0.25, -0.2) is 0 Å². The molecule has 2 rings (SSSR count). The number of fused-ring (bicyclic) bond motifs is 1. The molecule has 1 aromatic carbocycles. The number of carboxylic acid groups (broad SMARTS) is 1. The fourth-order valence-corrected chi connectivity index (χ4v) is 3.24. The maximum Gasteiger partial charge on any atom is 0.323 e. The van der Waals surface area contributed by atoms with Crippen LogP contribution in [0.5, 0.6) is 0 Å². The molecule has 2 N–H and O–H groups in total. The number of benzene rings is 1. The highest BCUT2D eigenvalue weighted by molar-refractivity contribution is 5.91. The lowest BCUT2D eigenvalue weighted by molar-refractivity contribution is -0.137. The molecular weight excluding hydrogens is 328 g/mol. The van der Waals surface area contributed by atoms with Crippen LogP contribution < -0.4 is 5.32 Å². The number of carbonyl (C=O) groups is 2. The van der Waals surface area contributed by atoms with E-state index in [1.807, 2.05) is 72.0 Å². The summed E-state index contributed by atoms with van der Waals surface area (Å²) < 4.78 is 1.74. The molecule has 0 aliphatic rings. The minimum Gasteiger partial charge on any atom is -0.480 e. The molecule has 1 atom stereocenters. The number of nitrogens with one attached hydrogen (secondary N) is 1. The van der Waals surface area contributed by atoms with Gasteiger partial charge in [-0.2, -0.15) is 0 Å². The fraction of sp³-hybridized carbons (Fsp3) is 0.524. The SMILES string of the molecule is CC(C)(C)N[C@@H](Cc1cn(CC(=O)O)c2ccccc12)C(=O)C(C)(C)C. The summed E-state index contributed by atoms with van der Waals surface area (Å²) in [5.41, 5.74) is 1.21. The van der Waals surface area contributed by atoms with Crippen molar-refractivity contribution in [3.63, 3.8) is 0 Å². The summed E-state index contributed by atoms with van der Waals surface area (Å²) >= 11 is 0. The van der Waals surface area contributed by atoms with Gasteiger partial charge in [0, 0.05) is 28.1 Å². The molecular formula is C21H30N2O3. The molecule has 0 unspecified atom stereocenters. The molecule has 0 radical (unpaired) electrons. The van der Waals surface area contributed by atoms with E-state index in [2.05, 4.69) is 5.32 Å². The van der Waals surface area contributed by atoms with E-state index in [4.69, 9.17) is 0 Å². The minimum absolute atomic E-state index is 0.0922. The van der Waals surface area contributed by atoms with Gasteiger partial charge in [0.05, 0.1) is 6.04 Å². The van der Waals surface area contributed by atoms with Crippen molar-refractivity contribution in [1.29, 1.82) is 0 Å². The lowest BCUT2D eigenvalue weighted by Gasteiger charge is -2.31. The molecule has 1 aromatic heterocycles. The molecule has 2 aromatic rings. The smallest absolute Gasteiger partial charge is 0.323 e. The van der Waals surface area contributed by atoms with E-state index in [0.717, 1.165) is 16.5 Å². The number of hydrogen-bond donors (Lipinski definition) is 2. The average Bonchev–Trinajstić information content (AvgIpc) is 2.81. The first-order valence-electron chi connectivity index (χ1n) is 8.99. The number of nitrogens with zero attached hydrogens (tertiary/aromatic N) is 1. The maximum atomic E-state index is 13.0. The van der Waals surface area contributed by atoms with Crippen LogP contribution in [0.15, 0.2) is 30.5 Å². The number of para-hydroxylation sites is 1. The first kappa shape index (κ1) is 20.2. The molecule has 5 heteroatoms. The Kier molecular flexibility index (Phi) is 5.61. The van der Waals surface area contributed by atoms with Crippen molar-refractivity contribution in [1.82, 2.24) is 9.88 Å². The molecule has 0 saturated carbocycles. The van der Waals surface area contributed by atoms with Crippen LogP contribution in [0.3, 0.4) is 0 Å². The zero-order valence-corrected chi connectivity index (χ0v) is 16.6. The van der Waals surface area contributed by atoms with E-state index in [9.17, 15) is 14.7 Å². The number of Topliss-reactive ketones (excluding diaryl/α,β-unsaturated/α-hetero) is 1. The zero-order chi connectivity index (χ0) is 19.7. The number of rotatable bonds is 6. The molecule has 0 fully saturated rings. The summed E-state index contributed by atoms with van der Waals surface area (Å²) in [4.78, 5) is 24.2. The summed E-state index contributed by atoms with van der Waals surface area (Å²) in [6.07, 6.45) is 2.40. The summed E-state index contributed by atoms with van der Waals surface area (Å²) in [5.74, 6) is -0.727. The van der Waals surface area contributed by atoms with Crippen molar-refractivity contribution in [2.75, 3.05) is 0 Å². The summed E-state index contributed by atoms with van der Waals surface area (Å²) in [6.45, 7) is 11.8. The number of carbonyl (C=O) groups excluding carboxylic acids is 1. The number of hydrogen-bond acceptors (Lipinski definition) is 3. The monoisotopic (exact) mass is 358 g/mol. The van der Waals surface area contributed by atoms with Crippen LogP contribution in [0.2, 0.25) is 0 Å². The van der Waals surface area contributed by atoms with E-state index in [0.29, 0.717) is 6.42 Å². The van der Waals surface area contributed by atoms with Crippen LogP contribution in [0.25, 0.3) is 10.9 Å². The fourth-order valence-electron chi connectivity index (χ4n) is 3.24. The second kappa shape index (κ2) is 7.23. The van der Waals surface area contributed by atoms with Crippen molar-refractivity contribution in [3.05, 3.63) is 36.0 Å². The Balaban J connectivity index is 2.44. The van der Waals surface area contributed by atoms with Crippen LogP contribution in [-0.4, -0.2) is 33.0 Å². The Morgan fingerprint density at radius 1 is 1.12 bits per heavy atom. The quantitative estimate of drug-likeness (QED) is 0.827. The summed E-state index contributed by atoms with van der Waals surface area (Å²) in [6, 6.07) is 7.40. The molecule has 0 spiro atoms. The molecule has 0 amide bonds. The first-order chi connectivity index (χ1) is 11.9. The Morgan fingerprint density at radius 3 is 2.27 bits per heavy atom. The third-order valence-electron chi connectivity index (χ3n) is 4.26. The zero-order valence-electron chi connectivity index (χ0n) is 16.6. The minimum atomic E-state index is -0.882. The third kappa shape index (κ3) is 4.94. The number of carboxylic acids is 1. The number of ketones is 1. The standard InChI is InChI=1S/C21H30N2O3/c1-20(2,3)19(26)16(22-21(4,5)6)11-14-12-23(13-18(24)25)17-10-8-7-9-15(14)17/h7-10,12,16,22H,11,13H2,1-6H3,(H,24,25)/t16-/m0/s1. The van der Waals surface area contributed by atoms with E-state index >= 15 is 0 Å². The molecule has 0 aliphatic carbocycles. The lowest BCUT2D eigenvalue weighted by atomic mass is 9.83. The Hall–Kier alpha value is -2.14. The first-order valence-corrected chi connectivity index (χ1v) is 8.99. The van der Waals surface area contributed by atoms with Crippen LogP contribution >= 0.6 is 0 Å². The molecule has 142 valence electrons. The highest BCUT2D eigenvalue weighted by Crippen LogP contribution is 2.26. The van der Waals surface area contributed by atoms with E-state index in [1.165, 1.54) is 0 Å². The van der Waals surface area contributed by atoms with Gasteiger partial charge in [-0.3, -0.25) is 9.59 Å². The van der Waals surface area contributed by atoms with Crippen LogP contribution in [0.1, 0.15) is 47.1 Å². The van der Waals surface area contributed by atoms with Gasteiger partial charge in [0.25, 0.3) is 0 Å². The van der Waals surface area contributed by atoms with Crippen molar-refractivity contribution >= 4 is 22.7 Å². The van der Waals surface area contributed by atoms with Gasteiger partial charge in [-0.15, -0.1) is 0 Å². The second-order valence-corrected chi connectivity index (χ2v) is 8.96. The molecule has 0 saturated heterocycles. The van der Waals surface area contributed by atoms with Crippen LogP contribution in [-0.2, 0) is 22.6 Å².